The van der Waals surface area contributed by atoms with E-state index >= 15 is 0 Å². The van der Waals surface area contributed by atoms with Crippen LogP contribution < -0.4 is 10.2 Å². The zero-order valence-electron chi connectivity index (χ0n) is 20.2. The van der Waals surface area contributed by atoms with E-state index in [1.807, 2.05) is 52.0 Å². The summed E-state index contributed by atoms with van der Waals surface area (Å²) in [6.45, 7) is 11.3. The van der Waals surface area contributed by atoms with Crippen molar-refractivity contribution >= 4 is 23.4 Å². The minimum atomic E-state index is -0.410. The number of carbonyl (C=O) groups is 1. The molecular formula is C28H30N4O2. The zero-order valence-corrected chi connectivity index (χ0v) is 20.2. The number of amides is 1. The van der Waals surface area contributed by atoms with Crippen LogP contribution >= 0.6 is 0 Å². The Bertz CT molecular complexity index is 1250. The van der Waals surface area contributed by atoms with Crippen molar-refractivity contribution in [1.82, 2.24) is 4.57 Å². The Balaban J connectivity index is 1.58. The molecule has 3 aromatic rings. The minimum Gasteiger partial charge on any atom is -0.378 e. The number of benzene rings is 2. The van der Waals surface area contributed by atoms with E-state index in [9.17, 15) is 10.1 Å². The summed E-state index contributed by atoms with van der Waals surface area (Å²) in [5, 5.41) is 12.5. The number of hydrogen-bond donors (Lipinski definition) is 1. The molecule has 0 aliphatic carbocycles. The van der Waals surface area contributed by atoms with Gasteiger partial charge in [0, 0.05) is 41.5 Å². The second-order valence-electron chi connectivity index (χ2n) is 8.78. The molecule has 2 aromatic carbocycles. The quantitative estimate of drug-likeness (QED) is 0.430. The molecule has 1 N–H and O–H groups in total. The van der Waals surface area contributed by atoms with Crippen LogP contribution in [0.5, 0.6) is 0 Å². The average molecular weight is 455 g/mol. The van der Waals surface area contributed by atoms with Crippen molar-refractivity contribution in [2.75, 3.05) is 36.5 Å². The number of morpholine rings is 1. The number of aromatic nitrogens is 1. The Labute approximate surface area is 201 Å². The van der Waals surface area contributed by atoms with Crippen LogP contribution in [0.4, 0.5) is 11.4 Å². The second-order valence-corrected chi connectivity index (χ2v) is 8.78. The standard InChI is InChI=1S/C28H30N4O2/c1-19-13-20(2)15-25(14-19)30-28(33)24(18-29)17-23-16-21(3)32(22(23)4)27-7-5-26(6-8-27)31-9-11-34-12-10-31/h5-8,13-17H,9-12H2,1-4H3,(H,30,33)/b24-17-. The first-order valence-corrected chi connectivity index (χ1v) is 11.5. The topological polar surface area (TPSA) is 70.3 Å². The largest absolute Gasteiger partial charge is 0.378 e. The Kier molecular flexibility index (Phi) is 6.85. The minimum absolute atomic E-state index is 0.0714. The van der Waals surface area contributed by atoms with Crippen molar-refractivity contribution in [2.45, 2.75) is 27.7 Å². The first-order chi connectivity index (χ1) is 16.4. The number of aryl methyl sites for hydroxylation is 3. The first kappa shape index (κ1) is 23.3. The Morgan fingerprint density at radius 3 is 2.21 bits per heavy atom. The average Bonchev–Trinajstić information content (AvgIpc) is 3.10. The van der Waals surface area contributed by atoms with Gasteiger partial charge in [0.25, 0.3) is 5.91 Å². The van der Waals surface area contributed by atoms with Gasteiger partial charge < -0.3 is 19.5 Å². The number of nitrogens with zero attached hydrogens (tertiary/aromatic N) is 3. The van der Waals surface area contributed by atoms with Gasteiger partial charge in [0.15, 0.2) is 0 Å². The van der Waals surface area contributed by atoms with Crippen LogP contribution in [0.2, 0.25) is 0 Å². The second kappa shape index (κ2) is 9.98. The number of nitrogens with one attached hydrogen (secondary N) is 1. The number of anilines is 2. The van der Waals surface area contributed by atoms with Gasteiger partial charge in [-0.25, -0.2) is 0 Å². The van der Waals surface area contributed by atoms with E-state index in [4.69, 9.17) is 4.74 Å². The van der Waals surface area contributed by atoms with Crippen LogP contribution in [0.1, 0.15) is 28.1 Å². The van der Waals surface area contributed by atoms with E-state index < -0.39 is 5.91 Å². The number of carbonyl (C=O) groups excluding carboxylic acids is 1. The summed E-state index contributed by atoms with van der Waals surface area (Å²) in [6, 6.07) is 18.4. The van der Waals surface area contributed by atoms with Crippen LogP contribution in [-0.2, 0) is 9.53 Å². The molecule has 1 aromatic heterocycles. The van der Waals surface area contributed by atoms with Crippen molar-refractivity contribution in [3.63, 3.8) is 0 Å². The smallest absolute Gasteiger partial charge is 0.266 e. The SMILES string of the molecule is Cc1cc(C)cc(NC(=O)/C(C#N)=C\c2cc(C)n(-c3ccc(N4CCOCC4)cc3)c2C)c1. The molecule has 1 aliphatic rings. The third-order valence-electron chi connectivity index (χ3n) is 6.10. The Morgan fingerprint density at radius 2 is 1.59 bits per heavy atom. The van der Waals surface area contributed by atoms with Crippen LogP contribution in [-0.4, -0.2) is 36.8 Å². The van der Waals surface area contributed by atoms with Gasteiger partial charge in [0.2, 0.25) is 0 Å². The van der Waals surface area contributed by atoms with Crippen LogP contribution in [0, 0.1) is 39.0 Å². The van der Waals surface area contributed by atoms with E-state index in [1.54, 1.807) is 6.08 Å². The van der Waals surface area contributed by atoms with Gasteiger partial charge in [-0.1, -0.05) is 6.07 Å². The molecule has 0 atom stereocenters. The number of hydrogen-bond acceptors (Lipinski definition) is 4. The molecule has 1 saturated heterocycles. The molecule has 0 radical (unpaired) electrons. The summed E-state index contributed by atoms with van der Waals surface area (Å²) >= 11 is 0. The first-order valence-electron chi connectivity index (χ1n) is 11.5. The molecule has 4 rings (SSSR count). The van der Waals surface area contributed by atoms with E-state index in [0.717, 1.165) is 60.1 Å². The van der Waals surface area contributed by atoms with E-state index in [-0.39, 0.29) is 5.57 Å². The molecular weight excluding hydrogens is 424 g/mol. The maximum Gasteiger partial charge on any atom is 0.266 e. The normalized spacial score (nSPS) is 14.1. The summed E-state index contributed by atoms with van der Waals surface area (Å²) in [5.41, 5.74) is 7.97. The lowest BCUT2D eigenvalue weighted by atomic mass is 10.1. The van der Waals surface area contributed by atoms with Gasteiger partial charge in [-0.15, -0.1) is 0 Å². The molecule has 34 heavy (non-hydrogen) atoms. The number of rotatable bonds is 5. The predicted octanol–water partition coefficient (Wildman–Crippen LogP) is 5.09. The summed E-state index contributed by atoms with van der Waals surface area (Å²) in [5.74, 6) is -0.410. The van der Waals surface area contributed by atoms with Crippen molar-refractivity contribution in [3.05, 3.63) is 82.2 Å². The van der Waals surface area contributed by atoms with Crippen molar-refractivity contribution in [1.29, 1.82) is 5.26 Å². The molecule has 1 amide bonds. The van der Waals surface area contributed by atoms with Gasteiger partial charge in [-0.05, 0) is 92.9 Å². The third-order valence-corrected chi connectivity index (χ3v) is 6.10. The highest BCUT2D eigenvalue weighted by Gasteiger charge is 2.15. The zero-order chi connectivity index (χ0) is 24.2. The van der Waals surface area contributed by atoms with E-state index in [2.05, 4.69) is 45.1 Å². The molecule has 6 nitrogen and oxygen atoms in total. The third kappa shape index (κ3) is 5.05. The molecule has 0 saturated carbocycles. The maximum absolute atomic E-state index is 12.8. The van der Waals surface area contributed by atoms with Crippen molar-refractivity contribution in [3.8, 4) is 11.8 Å². The molecule has 0 bridgehead atoms. The summed E-state index contributed by atoms with van der Waals surface area (Å²) < 4.78 is 7.59. The van der Waals surface area contributed by atoms with Crippen LogP contribution in [0.3, 0.4) is 0 Å². The van der Waals surface area contributed by atoms with E-state index in [0.29, 0.717) is 5.69 Å². The lowest BCUT2D eigenvalue weighted by Gasteiger charge is -2.29. The fourth-order valence-corrected chi connectivity index (χ4v) is 4.51. The lowest BCUT2D eigenvalue weighted by molar-refractivity contribution is -0.112. The lowest BCUT2D eigenvalue weighted by Crippen LogP contribution is -2.36. The van der Waals surface area contributed by atoms with E-state index in [1.165, 1.54) is 5.69 Å². The number of nitriles is 1. The molecule has 2 heterocycles. The van der Waals surface area contributed by atoms with Gasteiger partial charge in [0.05, 0.1) is 13.2 Å². The molecule has 0 spiro atoms. The highest BCUT2D eigenvalue weighted by molar-refractivity contribution is 6.09. The highest BCUT2D eigenvalue weighted by Crippen LogP contribution is 2.25. The molecule has 1 aliphatic heterocycles. The predicted molar refractivity (Wildman–Crippen MR) is 136 cm³/mol. The molecule has 1 fully saturated rings. The maximum atomic E-state index is 12.8. The summed E-state index contributed by atoms with van der Waals surface area (Å²) in [7, 11) is 0. The molecule has 6 heteroatoms. The Hall–Kier alpha value is -3.82. The van der Waals surface area contributed by atoms with Crippen LogP contribution in [0.15, 0.2) is 54.1 Å². The monoisotopic (exact) mass is 454 g/mol. The van der Waals surface area contributed by atoms with Crippen molar-refractivity contribution in [2.24, 2.45) is 0 Å². The van der Waals surface area contributed by atoms with Gasteiger partial charge in [0.1, 0.15) is 11.6 Å². The van der Waals surface area contributed by atoms with Gasteiger partial charge in [-0.2, -0.15) is 5.26 Å². The summed E-state index contributed by atoms with van der Waals surface area (Å²) in [4.78, 5) is 15.1. The van der Waals surface area contributed by atoms with Crippen LogP contribution in [0.25, 0.3) is 11.8 Å². The summed E-state index contributed by atoms with van der Waals surface area (Å²) in [6.07, 6.45) is 1.67. The van der Waals surface area contributed by atoms with Gasteiger partial charge in [-0.3, -0.25) is 4.79 Å². The van der Waals surface area contributed by atoms with Crippen molar-refractivity contribution < 1.29 is 9.53 Å². The fraction of sp³-hybridized carbons (Fsp3) is 0.286. The molecule has 174 valence electrons. The highest BCUT2D eigenvalue weighted by atomic mass is 16.5. The fourth-order valence-electron chi connectivity index (χ4n) is 4.51. The molecule has 0 unspecified atom stereocenters. The van der Waals surface area contributed by atoms with Gasteiger partial charge >= 0.3 is 0 Å². The Morgan fingerprint density at radius 1 is 0.971 bits per heavy atom. The number of ether oxygens (including phenoxy) is 1.